The molecule has 4 heteroatoms. The molecule has 0 spiro atoms. The summed E-state index contributed by atoms with van der Waals surface area (Å²) in [5, 5.41) is 10.6. The molecule has 142 valence electrons. The van der Waals surface area contributed by atoms with Gasteiger partial charge in [0.05, 0.1) is 11.6 Å². The van der Waals surface area contributed by atoms with Crippen molar-refractivity contribution in [1.29, 1.82) is 0 Å². The molecule has 2 aliphatic rings. The molecule has 2 aromatic rings. The molecule has 1 atom stereocenters. The summed E-state index contributed by atoms with van der Waals surface area (Å²) in [7, 11) is 0. The van der Waals surface area contributed by atoms with Crippen molar-refractivity contribution in [3.8, 4) is 11.1 Å². The Morgan fingerprint density at radius 3 is 2.04 bits per heavy atom. The zero-order valence-corrected chi connectivity index (χ0v) is 16.4. The highest BCUT2D eigenvalue weighted by atomic mass is 16.6. The Balaban J connectivity index is 1.55. The first-order valence-corrected chi connectivity index (χ1v) is 9.54. The molecule has 1 unspecified atom stereocenters. The zero-order chi connectivity index (χ0) is 19.4. The minimum Gasteiger partial charge on any atom is -0.448 e. The molecule has 1 fully saturated rings. The highest BCUT2D eigenvalue weighted by Crippen LogP contribution is 2.45. The van der Waals surface area contributed by atoms with Crippen LogP contribution in [0.4, 0.5) is 4.79 Å². The number of ether oxygens (including phenoxy) is 1. The number of nitrogens with zero attached hydrogens (tertiary/aromatic N) is 1. The van der Waals surface area contributed by atoms with Gasteiger partial charge in [-0.05, 0) is 36.1 Å². The number of aliphatic hydroxyl groups is 1. The van der Waals surface area contributed by atoms with Crippen molar-refractivity contribution in [2.75, 3.05) is 13.2 Å². The number of aliphatic hydroxyl groups excluding tert-OH is 1. The van der Waals surface area contributed by atoms with E-state index in [9.17, 15) is 9.90 Å². The summed E-state index contributed by atoms with van der Waals surface area (Å²) in [4.78, 5) is 14.5. The monoisotopic (exact) mass is 365 g/mol. The second kappa shape index (κ2) is 6.10. The van der Waals surface area contributed by atoms with E-state index in [1.807, 2.05) is 52.0 Å². The third kappa shape index (κ3) is 2.74. The van der Waals surface area contributed by atoms with Crippen LogP contribution in [0.2, 0.25) is 0 Å². The molecule has 1 saturated heterocycles. The summed E-state index contributed by atoms with van der Waals surface area (Å²) in [6.45, 7) is 8.54. The molecule has 0 saturated carbocycles. The van der Waals surface area contributed by atoms with Crippen molar-refractivity contribution >= 4 is 6.09 Å². The van der Waals surface area contributed by atoms with E-state index in [-0.39, 0.29) is 17.4 Å². The molecule has 1 aliphatic carbocycles. The smallest absolute Gasteiger partial charge is 0.410 e. The SMILES string of the molecule is CC1(C)CN(C(=O)OCC2c3ccccc3-c3ccccc32)C(C)(C)C1O. The number of fused-ring (bicyclic) bond motifs is 3. The Morgan fingerprint density at radius 2 is 1.56 bits per heavy atom. The summed E-state index contributed by atoms with van der Waals surface area (Å²) in [5.41, 5.74) is 3.83. The summed E-state index contributed by atoms with van der Waals surface area (Å²) >= 11 is 0. The predicted octanol–water partition coefficient (Wildman–Crippen LogP) is 4.42. The van der Waals surface area contributed by atoms with Crippen LogP contribution in [0.1, 0.15) is 44.7 Å². The lowest BCUT2D eigenvalue weighted by molar-refractivity contribution is 0.0158. The van der Waals surface area contributed by atoms with Crippen molar-refractivity contribution < 1.29 is 14.6 Å². The van der Waals surface area contributed by atoms with Crippen molar-refractivity contribution in [1.82, 2.24) is 4.90 Å². The molecule has 4 rings (SSSR count). The Hall–Kier alpha value is -2.33. The number of benzene rings is 2. The van der Waals surface area contributed by atoms with Crippen LogP contribution >= 0.6 is 0 Å². The number of likely N-dealkylation sites (tertiary alicyclic amines) is 1. The number of hydrogen-bond acceptors (Lipinski definition) is 3. The topological polar surface area (TPSA) is 49.8 Å². The van der Waals surface area contributed by atoms with E-state index in [1.54, 1.807) is 4.90 Å². The van der Waals surface area contributed by atoms with Crippen LogP contribution in [-0.4, -0.2) is 40.9 Å². The third-order valence-electron chi connectivity index (χ3n) is 6.23. The van der Waals surface area contributed by atoms with Crippen LogP contribution in [0.25, 0.3) is 11.1 Å². The predicted molar refractivity (Wildman–Crippen MR) is 106 cm³/mol. The fourth-order valence-electron chi connectivity index (χ4n) is 4.77. The van der Waals surface area contributed by atoms with Crippen molar-refractivity contribution in [2.24, 2.45) is 5.41 Å². The quantitative estimate of drug-likeness (QED) is 0.857. The third-order valence-corrected chi connectivity index (χ3v) is 6.23. The van der Waals surface area contributed by atoms with Crippen LogP contribution < -0.4 is 0 Å². The highest BCUT2D eigenvalue weighted by Gasteiger charge is 2.54. The maximum Gasteiger partial charge on any atom is 0.410 e. The lowest BCUT2D eigenvalue weighted by Crippen LogP contribution is -2.49. The Labute approximate surface area is 160 Å². The summed E-state index contributed by atoms with van der Waals surface area (Å²) < 4.78 is 5.78. The Morgan fingerprint density at radius 1 is 1.04 bits per heavy atom. The first-order valence-electron chi connectivity index (χ1n) is 9.54. The van der Waals surface area contributed by atoms with E-state index in [0.29, 0.717) is 13.2 Å². The molecule has 1 heterocycles. The van der Waals surface area contributed by atoms with Gasteiger partial charge in [0.2, 0.25) is 0 Å². The van der Waals surface area contributed by atoms with Gasteiger partial charge in [0.15, 0.2) is 0 Å². The number of rotatable bonds is 2. The average Bonchev–Trinajstić information content (AvgIpc) is 3.05. The van der Waals surface area contributed by atoms with Gasteiger partial charge in [0, 0.05) is 17.9 Å². The lowest BCUT2D eigenvalue weighted by atomic mass is 9.82. The molecule has 0 radical (unpaired) electrons. The van der Waals surface area contributed by atoms with Gasteiger partial charge < -0.3 is 9.84 Å². The Bertz CT molecular complexity index is 841. The van der Waals surface area contributed by atoms with Crippen LogP contribution in [0, 0.1) is 5.41 Å². The highest BCUT2D eigenvalue weighted by molar-refractivity contribution is 5.79. The molecular formula is C23H27NO3. The molecular weight excluding hydrogens is 338 g/mol. The standard InChI is InChI=1S/C23H27NO3/c1-22(2)14-24(23(3,4)20(22)25)21(26)27-13-19-17-11-7-5-9-15(17)16-10-6-8-12-18(16)19/h5-12,19-20,25H,13-14H2,1-4H3. The van der Waals surface area contributed by atoms with Crippen LogP contribution in [0.5, 0.6) is 0 Å². The van der Waals surface area contributed by atoms with Crippen LogP contribution in [-0.2, 0) is 4.74 Å². The number of carbonyl (C=O) groups excluding carboxylic acids is 1. The van der Waals surface area contributed by atoms with Gasteiger partial charge in [0.25, 0.3) is 0 Å². The van der Waals surface area contributed by atoms with Crippen molar-refractivity contribution in [3.63, 3.8) is 0 Å². The molecule has 1 N–H and O–H groups in total. The number of amides is 1. The normalized spacial score (nSPS) is 22.4. The van der Waals surface area contributed by atoms with E-state index >= 15 is 0 Å². The minimum atomic E-state index is -0.647. The van der Waals surface area contributed by atoms with E-state index in [2.05, 4.69) is 24.3 Å². The molecule has 1 amide bonds. The second-order valence-corrected chi connectivity index (χ2v) is 8.93. The molecule has 0 bridgehead atoms. The van der Waals surface area contributed by atoms with Gasteiger partial charge in [-0.3, -0.25) is 4.90 Å². The van der Waals surface area contributed by atoms with Gasteiger partial charge in [-0.25, -0.2) is 4.79 Å². The van der Waals surface area contributed by atoms with Gasteiger partial charge in [0.1, 0.15) is 6.61 Å². The summed E-state index contributed by atoms with van der Waals surface area (Å²) in [6, 6.07) is 16.6. The maximum atomic E-state index is 12.9. The summed E-state index contributed by atoms with van der Waals surface area (Å²) in [6.07, 6.45) is -0.947. The van der Waals surface area contributed by atoms with Gasteiger partial charge in [-0.2, -0.15) is 0 Å². The molecule has 27 heavy (non-hydrogen) atoms. The number of hydrogen-bond donors (Lipinski definition) is 1. The lowest BCUT2D eigenvalue weighted by Gasteiger charge is -2.33. The van der Waals surface area contributed by atoms with Crippen LogP contribution in [0.3, 0.4) is 0 Å². The van der Waals surface area contributed by atoms with E-state index < -0.39 is 11.6 Å². The van der Waals surface area contributed by atoms with E-state index in [1.165, 1.54) is 22.3 Å². The van der Waals surface area contributed by atoms with E-state index in [0.717, 1.165) is 0 Å². The molecule has 0 aromatic heterocycles. The molecule has 2 aromatic carbocycles. The Kier molecular flexibility index (Phi) is 4.08. The minimum absolute atomic E-state index is 0.0463. The fourth-order valence-corrected chi connectivity index (χ4v) is 4.77. The first-order chi connectivity index (χ1) is 12.7. The molecule has 4 nitrogen and oxygen atoms in total. The van der Waals surface area contributed by atoms with Gasteiger partial charge in [-0.15, -0.1) is 0 Å². The fraction of sp³-hybridized carbons (Fsp3) is 0.435. The van der Waals surface area contributed by atoms with Crippen molar-refractivity contribution in [2.45, 2.75) is 45.3 Å². The maximum absolute atomic E-state index is 12.9. The number of carbonyl (C=O) groups is 1. The average molecular weight is 365 g/mol. The van der Waals surface area contributed by atoms with Gasteiger partial charge in [-0.1, -0.05) is 62.4 Å². The van der Waals surface area contributed by atoms with Crippen molar-refractivity contribution in [3.05, 3.63) is 59.7 Å². The summed E-state index contributed by atoms with van der Waals surface area (Å²) in [5.74, 6) is 0.0463. The van der Waals surface area contributed by atoms with E-state index in [4.69, 9.17) is 4.74 Å². The van der Waals surface area contributed by atoms with Crippen LogP contribution in [0.15, 0.2) is 48.5 Å². The second-order valence-electron chi connectivity index (χ2n) is 8.93. The van der Waals surface area contributed by atoms with Gasteiger partial charge >= 0.3 is 6.09 Å². The molecule has 1 aliphatic heterocycles. The largest absolute Gasteiger partial charge is 0.448 e. The zero-order valence-electron chi connectivity index (χ0n) is 16.4. The first kappa shape index (κ1) is 18.1.